The minimum atomic E-state index is -0.399. The van der Waals surface area contributed by atoms with E-state index in [0.717, 1.165) is 11.1 Å². The molecule has 4 nitrogen and oxygen atoms in total. The summed E-state index contributed by atoms with van der Waals surface area (Å²) in [6, 6.07) is 16.2. The van der Waals surface area contributed by atoms with Gasteiger partial charge in [0.15, 0.2) is 0 Å². The van der Waals surface area contributed by atoms with E-state index in [1.165, 1.54) is 0 Å². The molecule has 24 heavy (non-hydrogen) atoms. The lowest BCUT2D eigenvalue weighted by atomic mass is 9.93. The number of ether oxygens (including phenoxy) is 1. The zero-order valence-corrected chi connectivity index (χ0v) is 14.2. The van der Waals surface area contributed by atoms with Gasteiger partial charge < -0.3 is 9.64 Å². The number of rotatable bonds is 3. The van der Waals surface area contributed by atoms with E-state index in [1.807, 2.05) is 24.3 Å². The van der Waals surface area contributed by atoms with Crippen LogP contribution in [0.25, 0.3) is 0 Å². The highest BCUT2D eigenvalue weighted by molar-refractivity contribution is 6.30. The molecular formula is C18H14Cl2N2O2. The number of amides is 1. The first-order valence-corrected chi connectivity index (χ1v) is 8.14. The predicted molar refractivity (Wildman–Crippen MR) is 91.7 cm³/mol. The molecule has 1 saturated heterocycles. The molecule has 1 fully saturated rings. The molecule has 6 heteroatoms. The van der Waals surface area contributed by atoms with Crippen LogP contribution >= 0.6 is 23.2 Å². The number of halogens is 2. The fourth-order valence-electron chi connectivity index (χ4n) is 2.86. The zero-order chi connectivity index (χ0) is 17.1. The maximum absolute atomic E-state index is 12.3. The van der Waals surface area contributed by atoms with Crippen LogP contribution in [0.3, 0.4) is 0 Å². The topological polar surface area (TPSA) is 53.3 Å². The van der Waals surface area contributed by atoms with Gasteiger partial charge in [-0.25, -0.2) is 0 Å². The van der Waals surface area contributed by atoms with Crippen molar-refractivity contribution in [3.63, 3.8) is 0 Å². The van der Waals surface area contributed by atoms with Crippen molar-refractivity contribution >= 4 is 29.1 Å². The first-order chi connectivity index (χ1) is 11.6. The summed E-state index contributed by atoms with van der Waals surface area (Å²) in [6.07, 6.45) is -0.380. The second kappa shape index (κ2) is 7.23. The Balaban J connectivity index is 2.04. The third kappa shape index (κ3) is 3.39. The van der Waals surface area contributed by atoms with E-state index in [9.17, 15) is 4.79 Å². The minimum absolute atomic E-state index is 0.000420. The van der Waals surface area contributed by atoms with Crippen molar-refractivity contribution < 1.29 is 9.53 Å². The fourth-order valence-corrected chi connectivity index (χ4v) is 3.11. The van der Waals surface area contributed by atoms with Gasteiger partial charge in [0.05, 0.1) is 12.1 Å². The number of hydrogen-bond donors (Lipinski definition) is 0. The Kier molecular flexibility index (Phi) is 5.06. The Hall–Kier alpha value is -2.06. The van der Waals surface area contributed by atoms with Crippen molar-refractivity contribution in [1.29, 1.82) is 5.26 Å². The molecule has 0 N–H and O–H groups in total. The van der Waals surface area contributed by atoms with E-state index in [4.69, 9.17) is 33.2 Å². The molecule has 0 bridgehead atoms. The van der Waals surface area contributed by atoms with Gasteiger partial charge in [0, 0.05) is 10.0 Å². The lowest BCUT2D eigenvalue weighted by molar-refractivity contribution is -0.157. The Morgan fingerprint density at radius 1 is 1.04 bits per heavy atom. The Bertz CT molecular complexity index is 769. The molecule has 2 aromatic carbocycles. The highest BCUT2D eigenvalue weighted by Crippen LogP contribution is 2.40. The average molecular weight is 361 g/mol. The Morgan fingerprint density at radius 3 is 2.12 bits per heavy atom. The second-order valence-electron chi connectivity index (χ2n) is 5.46. The molecule has 3 rings (SSSR count). The summed E-state index contributed by atoms with van der Waals surface area (Å²) in [5.74, 6) is -0.207. The van der Waals surface area contributed by atoms with Crippen LogP contribution in [0.15, 0.2) is 48.5 Å². The lowest BCUT2D eigenvalue weighted by Gasteiger charge is -2.40. The van der Waals surface area contributed by atoms with E-state index < -0.39 is 6.04 Å². The molecule has 2 atom stereocenters. The second-order valence-corrected chi connectivity index (χ2v) is 6.33. The average Bonchev–Trinajstić information content (AvgIpc) is 2.58. The number of morpholine rings is 1. The van der Waals surface area contributed by atoms with Gasteiger partial charge in [-0.1, -0.05) is 47.5 Å². The van der Waals surface area contributed by atoms with Crippen LogP contribution in [-0.4, -0.2) is 24.0 Å². The Morgan fingerprint density at radius 2 is 1.58 bits per heavy atom. The van der Waals surface area contributed by atoms with Gasteiger partial charge in [-0.15, -0.1) is 0 Å². The maximum atomic E-state index is 12.3. The molecule has 0 aromatic heterocycles. The van der Waals surface area contributed by atoms with Gasteiger partial charge >= 0.3 is 0 Å². The third-order valence-corrected chi connectivity index (χ3v) is 4.48. The zero-order valence-electron chi connectivity index (χ0n) is 12.7. The van der Waals surface area contributed by atoms with Crippen LogP contribution in [0.2, 0.25) is 10.0 Å². The van der Waals surface area contributed by atoms with Crippen LogP contribution in [0.5, 0.6) is 0 Å². The Labute approximate surface area is 150 Å². The smallest absolute Gasteiger partial charge is 0.250 e. The number of carbonyl (C=O) groups is 1. The summed E-state index contributed by atoms with van der Waals surface area (Å²) < 4.78 is 5.81. The van der Waals surface area contributed by atoms with Gasteiger partial charge in [-0.2, -0.15) is 5.26 Å². The van der Waals surface area contributed by atoms with E-state index >= 15 is 0 Å². The van der Waals surface area contributed by atoms with Crippen molar-refractivity contribution in [1.82, 2.24) is 4.90 Å². The van der Waals surface area contributed by atoms with Crippen molar-refractivity contribution in [3.05, 3.63) is 69.7 Å². The number of nitriles is 1. The summed E-state index contributed by atoms with van der Waals surface area (Å²) >= 11 is 11.9. The van der Waals surface area contributed by atoms with E-state index in [2.05, 4.69) is 6.07 Å². The molecule has 0 saturated carbocycles. The van der Waals surface area contributed by atoms with Gasteiger partial charge in [-0.05, 0) is 35.4 Å². The minimum Gasteiger partial charge on any atom is -0.361 e. The first kappa shape index (κ1) is 16.8. The number of benzene rings is 2. The summed E-state index contributed by atoms with van der Waals surface area (Å²) in [7, 11) is 0. The van der Waals surface area contributed by atoms with Crippen LogP contribution < -0.4 is 0 Å². The van der Waals surface area contributed by atoms with Gasteiger partial charge in [-0.3, -0.25) is 4.79 Å². The molecule has 1 aliphatic heterocycles. The number of nitrogens with zero attached hydrogens (tertiary/aromatic N) is 2. The van der Waals surface area contributed by atoms with E-state index in [0.29, 0.717) is 10.0 Å². The first-order valence-electron chi connectivity index (χ1n) is 7.39. The molecule has 0 radical (unpaired) electrons. The molecule has 0 aliphatic carbocycles. The highest BCUT2D eigenvalue weighted by atomic mass is 35.5. The molecule has 2 unspecified atom stereocenters. The molecule has 0 spiro atoms. The van der Waals surface area contributed by atoms with E-state index in [1.54, 1.807) is 29.2 Å². The number of hydrogen-bond acceptors (Lipinski definition) is 3. The van der Waals surface area contributed by atoms with Crippen LogP contribution in [-0.2, 0) is 9.53 Å². The standard InChI is InChI=1S/C18H14Cl2N2O2/c19-14-5-1-12(2-6-14)17-18(13-3-7-15(20)8-4-13)24-11-16(23)22(17)10-9-21/h1-8,17-18H,10-11H2. The van der Waals surface area contributed by atoms with Gasteiger partial charge in [0.2, 0.25) is 5.91 Å². The molecule has 2 aromatic rings. The summed E-state index contributed by atoms with van der Waals surface area (Å²) in [4.78, 5) is 13.8. The normalized spacial score (nSPS) is 20.7. The van der Waals surface area contributed by atoms with Crippen molar-refractivity contribution in [2.24, 2.45) is 0 Å². The molecule has 122 valence electrons. The van der Waals surface area contributed by atoms with E-state index in [-0.39, 0.29) is 25.2 Å². The van der Waals surface area contributed by atoms with Gasteiger partial charge in [0.1, 0.15) is 19.3 Å². The quantitative estimate of drug-likeness (QED) is 0.772. The molecular weight excluding hydrogens is 347 g/mol. The third-order valence-electron chi connectivity index (χ3n) is 3.98. The molecule has 1 amide bonds. The summed E-state index contributed by atoms with van der Waals surface area (Å²) in [5.41, 5.74) is 1.76. The fraction of sp³-hybridized carbons (Fsp3) is 0.222. The van der Waals surface area contributed by atoms with Crippen LogP contribution in [0, 0.1) is 11.3 Å². The molecule has 1 heterocycles. The monoisotopic (exact) mass is 360 g/mol. The summed E-state index contributed by atoms with van der Waals surface area (Å²) in [5, 5.41) is 10.4. The van der Waals surface area contributed by atoms with Crippen LogP contribution in [0.4, 0.5) is 0 Å². The van der Waals surface area contributed by atoms with Crippen LogP contribution in [0.1, 0.15) is 23.3 Å². The largest absolute Gasteiger partial charge is 0.361 e. The van der Waals surface area contributed by atoms with Gasteiger partial charge in [0.25, 0.3) is 0 Å². The molecule has 1 aliphatic rings. The van der Waals surface area contributed by atoms with Crippen molar-refractivity contribution in [2.45, 2.75) is 12.1 Å². The highest BCUT2D eigenvalue weighted by Gasteiger charge is 2.38. The number of carbonyl (C=O) groups excluding carboxylic acids is 1. The van der Waals surface area contributed by atoms with Crippen molar-refractivity contribution in [2.75, 3.05) is 13.2 Å². The lowest BCUT2D eigenvalue weighted by Crippen LogP contribution is -2.45. The summed E-state index contributed by atoms with van der Waals surface area (Å²) in [6.45, 7) is -0.0569. The van der Waals surface area contributed by atoms with Crippen molar-refractivity contribution in [3.8, 4) is 6.07 Å². The predicted octanol–water partition coefficient (Wildman–Crippen LogP) is 4.16. The maximum Gasteiger partial charge on any atom is 0.250 e. The SMILES string of the molecule is N#CCN1C(=O)COC(c2ccc(Cl)cc2)C1c1ccc(Cl)cc1.